The van der Waals surface area contributed by atoms with Crippen molar-refractivity contribution in [2.24, 2.45) is 0 Å². The van der Waals surface area contributed by atoms with E-state index in [0.717, 1.165) is 11.8 Å². The first-order valence-corrected chi connectivity index (χ1v) is 7.89. The number of carboxylic acid groups (broad SMARTS) is 1. The Kier molecular flexibility index (Phi) is 4.44. The van der Waals surface area contributed by atoms with Crippen molar-refractivity contribution in [1.82, 2.24) is 15.2 Å². The van der Waals surface area contributed by atoms with Crippen molar-refractivity contribution >= 4 is 35.4 Å². The van der Waals surface area contributed by atoms with Crippen molar-refractivity contribution in [3.8, 4) is 11.5 Å². The Morgan fingerprint density at radius 3 is 2.87 bits per heavy atom. The Bertz CT molecular complexity index is 790. The number of fused-ring (bicyclic) bond motifs is 1. The van der Waals surface area contributed by atoms with Gasteiger partial charge in [-0.1, -0.05) is 18.5 Å². The molecule has 1 aromatic carbocycles. The number of aryl methyl sites for hydroxylation is 1. The summed E-state index contributed by atoms with van der Waals surface area (Å²) in [6, 6.07) is 3.24. The lowest BCUT2D eigenvalue weighted by Crippen LogP contribution is -1.97. The predicted molar refractivity (Wildman–Crippen MR) is 84.8 cm³/mol. The van der Waals surface area contributed by atoms with E-state index in [1.54, 1.807) is 12.1 Å². The molecule has 9 heteroatoms. The van der Waals surface area contributed by atoms with Crippen molar-refractivity contribution in [3.63, 3.8) is 0 Å². The zero-order valence-electron chi connectivity index (χ0n) is 12.0. The number of hydrogen-bond donors (Lipinski definition) is 2. The van der Waals surface area contributed by atoms with Crippen LogP contribution < -0.4 is 9.47 Å². The van der Waals surface area contributed by atoms with Crippen LogP contribution in [0.25, 0.3) is 6.08 Å². The molecule has 0 bridgehead atoms. The minimum atomic E-state index is -1.09. The summed E-state index contributed by atoms with van der Waals surface area (Å²) in [4.78, 5) is 15.7. The maximum absolute atomic E-state index is 11.5. The fourth-order valence-electron chi connectivity index (χ4n) is 1.90. The van der Waals surface area contributed by atoms with Crippen molar-refractivity contribution < 1.29 is 19.4 Å². The molecule has 2 heterocycles. The SMILES string of the molecule is CCc1nc(S/C(=C\c2cc3c(cc2Cl)OCO3)C(=O)O)n[nH]1. The first kappa shape index (κ1) is 15.7. The maximum Gasteiger partial charge on any atom is 0.342 e. The van der Waals surface area contributed by atoms with Crippen LogP contribution in [-0.2, 0) is 11.2 Å². The van der Waals surface area contributed by atoms with Gasteiger partial charge in [0.1, 0.15) is 10.7 Å². The molecule has 2 N–H and O–H groups in total. The molecule has 0 radical (unpaired) electrons. The van der Waals surface area contributed by atoms with Gasteiger partial charge < -0.3 is 14.6 Å². The second-order valence-corrected chi connectivity index (χ2v) is 5.98. The lowest BCUT2D eigenvalue weighted by molar-refractivity contribution is -0.131. The van der Waals surface area contributed by atoms with E-state index in [1.165, 1.54) is 6.08 Å². The summed E-state index contributed by atoms with van der Waals surface area (Å²) in [7, 11) is 0. The summed E-state index contributed by atoms with van der Waals surface area (Å²) >= 11 is 7.11. The number of carbonyl (C=O) groups is 1. The number of aromatic amines is 1. The van der Waals surface area contributed by atoms with E-state index in [-0.39, 0.29) is 11.7 Å². The summed E-state index contributed by atoms with van der Waals surface area (Å²) < 4.78 is 10.5. The van der Waals surface area contributed by atoms with Gasteiger partial charge in [-0.3, -0.25) is 5.10 Å². The van der Waals surface area contributed by atoms with Crippen molar-refractivity contribution in [2.45, 2.75) is 18.5 Å². The first-order chi connectivity index (χ1) is 11.1. The van der Waals surface area contributed by atoms with E-state index in [2.05, 4.69) is 15.2 Å². The van der Waals surface area contributed by atoms with Gasteiger partial charge in [0.2, 0.25) is 11.9 Å². The molecule has 120 valence electrons. The summed E-state index contributed by atoms with van der Waals surface area (Å²) in [5.74, 6) is 0.671. The third-order valence-corrected chi connectivity index (χ3v) is 4.24. The third kappa shape index (κ3) is 3.43. The van der Waals surface area contributed by atoms with Crippen LogP contribution in [0.1, 0.15) is 18.3 Å². The maximum atomic E-state index is 11.5. The Morgan fingerprint density at radius 1 is 1.48 bits per heavy atom. The standard InChI is InChI=1S/C14H12ClN3O4S/c1-2-12-16-14(18-17-12)23-11(13(19)20)4-7-3-9-10(5-8(7)15)22-6-21-9/h3-5H,2,6H2,1H3,(H,19,20)(H,16,17,18)/b11-4-. The molecule has 0 spiro atoms. The molecule has 7 nitrogen and oxygen atoms in total. The number of thioether (sulfide) groups is 1. The normalized spacial score (nSPS) is 13.4. The number of aliphatic carboxylic acids is 1. The van der Waals surface area contributed by atoms with Crippen LogP contribution in [0.15, 0.2) is 22.2 Å². The number of ether oxygens (including phenoxy) is 2. The van der Waals surface area contributed by atoms with Gasteiger partial charge in [0.15, 0.2) is 11.5 Å². The van der Waals surface area contributed by atoms with E-state index in [9.17, 15) is 9.90 Å². The first-order valence-electron chi connectivity index (χ1n) is 6.70. The predicted octanol–water partition coefficient (Wildman–Crippen LogP) is 2.97. The number of aromatic nitrogens is 3. The Balaban J connectivity index is 1.91. The molecule has 0 atom stereocenters. The van der Waals surface area contributed by atoms with Gasteiger partial charge in [-0.05, 0) is 29.5 Å². The van der Waals surface area contributed by atoms with Crippen LogP contribution in [0.5, 0.6) is 11.5 Å². The summed E-state index contributed by atoms with van der Waals surface area (Å²) in [6.45, 7) is 2.05. The van der Waals surface area contributed by atoms with Crippen LogP contribution in [0.4, 0.5) is 0 Å². The lowest BCUT2D eigenvalue weighted by Gasteiger charge is -2.04. The van der Waals surface area contributed by atoms with Gasteiger partial charge in [0.25, 0.3) is 0 Å². The molecule has 3 rings (SSSR count). The molecular weight excluding hydrogens is 342 g/mol. The fourth-order valence-corrected chi connectivity index (χ4v) is 2.82. The molecule has 1 aliphatic heterocycles. The minimum absolute atomic E-state index is 0.0485. The quantitative estimate of drug-likeness (QED) is 0.630. The molecule has 23 heavy (non-hydrogen) atoms. The summed E-state index contributed by atoms with van der Waals surface area (Å²) in [6.07, 6.45) is 2.15. The van der Waals surface area contributed by atoms with E-state index in [1.807, 2.05) is 6.92 Å². The highest BCUT2D eigenvalue weighted by Gasteiger charge is 2.18. The van der Waals surface area contributed by atoms with Crippen molar-refractivity contribution in [3.05, 3.63) is 33.4 Å². The number of hydrogen-bond acceptors (Lipinski definition) is 6. The number of halogens is 1. The van der Waals surface area contributed by atoms with Gasteiger partial charge in [0.05, 0.1) is 5.02 Å². The topological polar surface area (TPSA) is 97.3 Å². The molecule has 0 fully saturated rings. The Morgan fingerprint density at radius 2 is 2.22 bits per heavy atom. The number of H-pyrrole nitrogens is 1. The molecule has 0 amide bonds. The van der Waals surface area contributed by atoms with Crippen LogP contribution in [0.3, 0.4) is 0 Å². The van der Waals surface area contributed by atoms with E-state index < -0.39 is 5.97 Å². The van der Waals surface area contributed by atoms with E-state index in [0.29, 0.717) is 39.5 Å². The van der Waals surface area contributed by atoms with Crippen molar-refractivity contribution in [1.29, 1.82) is 0 Å². The Labute approximate surface area is 140 Å². The monoisotopic (exact) mass is 353 g/mol. The van der Waals surface area contributed by atoms with Crippen molar-refractivity contribution in [2.75, 3.05) is 6.79 Å². The molecule has 1 aromatic heterocycles. The highest BCUT2D eigenvalue weighted by Crippen LogP contribution is 2.38. The number of nitrogens with one attached hydrogen (secondary N) is 1. The zero-order chi connectivity index (χ0) is 16.4. The average Bonchev–Trinajstić information content (AvgIpc) is 3.15. The van der Waals surface area contributed by atoms with Gasteiger partial charge in [-0.2, -0.15) is 0 Å². The zero-order valence-corrected chi connectivity index (χ0v) is 13.6. The van der Waals surface area contributed by atoms with Crippen LogP contribution in [0.2, 0.25) is 5.02 Å². The molecule has 2 aromatic rings. The van der Waals surface area contributed by atoms with E-state index in [4.69, 9.17) is 21.1 Å². The molecule has 0 saturated heterocycles. The van der Waals surface area contributed by atoms with Crippen LogP contribution in [-0.4, -0.2) is 33.1 Å². The summed E-state index contributed by atoms with van der Waals surface area (Å²) in [5, 5.41) is 16.8. The smallest absolute Gasteiger partial charge is 0.342 e. The molecule has 0 aliphatic carbocycles. The Hall–Kier alpha value is -2.19. The molecule has 1 aliphatic rings. The average molecular weight is 354 g/mol. The fraction of sp³-hybridized carbons (Fsp3) is 0.214. The van der Waals surface area contributed by atoms with E-state index >= 15 is 0 Å². The molecular formula is C14H12ClN3O4S. The second-order valence-electron chi connectivity index (χ2n) is 4.56. The third-order valence-electron chi connectivity index (χ3n) is 3.04. The number of nitrogens with zero attached hydrogens (tertiary/aromatic N) is 2. The van der Waals surface area contributed by atoms with Gasteiger partial charge in [0, 0.05) is 12.5 Å². The summed E-state index contributed by atoms with van der Waals surface area (Å²) in [5.41, 5.74) is 0.520. The minimum Gasteiger partial charge on any atom is -0.477 e. The van der Waals surface area contributed by atoms with Gasteiger partial charge in [-0.25, -0.2) is 9.78 Å². The highest BCUT2D eigenvalue weighted by molar-refractivity contribution is 8.04. The largest absolute Gasteiger partial charge is 0.477 e. The van der Waals surface area contributed by atoms with Gasteiger partial charge in [-0.15, -0.1) is 5.10 Å². The number of carboxylic acids is 1. The van der Waals surface area contributed by atoms with Gasteiger partial charge >= 0.3 is 5.97 Å². The molecule has 0 saturated carbocycles. The number of rotatable bonds is 5. The molecule has 0 unspecified atom stereocenters. The van der Waals surface area contributed by atoms with Crippen LogP contribution in [0, 0.1) is 0 Å². The number of benzene rings is 1. The lowest BCUT2D eigenvalue weighted by atomic mass is 10.2. The second kappa shape index (κ2) is 6.51. The van der Waals surface area contributed by atoms with Crippen LogP contribution >= 0.6 is 23.4 Å². The highest BCUT2D eigenvalue weighted by atomic mass is 35.5.